The molecule has 1 amide bonds. The molecule has 2 N–H and O–H groups in total. The minimum absolute atomic E-state index is 0.0107. The van der Waals surface area contributed by atoms with Crippen LogP contribution in [0.5, 0.6) is 0 Å². The number of hydrogen-bond acceptors (Lipinski definition) is 3. The van der Waals surface area contributed by atoms with Gasteiger partial charge in [0, 0.05) is 41.7 Å². The van der Waals surface area contributed by atoms with E-state index in [0.717, 1.165) is 37.1 Å². The fourth-order valence-electron chi connectivity index (χ4n) is 4.01. The molecule has 25 heavy (non-hydrogen) atoms. The topological polar surface area (TPSA) is 59.0 Å². The molecule has 1 aliphatic carbocycles. The van der Waals surface area contributed by atoms with E-state index in [1.807, 2.05) is 35.0 Å². The Balaban J connectivity index is 1.35. The number of aromatic nitrogens is 2. The molecule has 132 valence electrons. The SMILES string of the molecule is O=C1NC2CCC(Cl)CC2CC1CNc1ccc(-n2ccnc2)cc1. The molecule has 2 aliphatic rings. The molecule has 6 heteroatoms. The number of piperidine rings is 1. The second-order valence-electron chi connectivity index (χ2n) is 7.12. The van der Waals surface area contributed by atoms with Crippen LogP contribution in [0.1, 0.15) is 25.7 Å². The highest BCUT2D eigenvalue weighted by Crippen LogP contribution is 2.35. The molecule has 4 unspecified atom stereocenters. The smallest absolute Gasteiger partial charge is 0.225 e. The predicted octanol–water partition coefficient (Wildman–Crippen LogP) is 3.20. The molecule has 0 radical (unpaired) electrons. The van der Waals surface area contributed by atoms with Crippen molar-refractivity contribution in [1.29, 1.82) is 0 Å². The number of nitrogens with one attached hydrogen (secondary N) is 2. The van der Waals surface area contributed by atoms with Crippen molar-refractivity contribution in [2.24, 2.45) is 11.8 Å². The van der Waals surface area contributed by atoms with Gasteiger partial charge in [-0.2, -0.15) is 0 Å². The lowest BCUT2D eigenvalue weighted by molar-refractivity contribution is -0.129. The number of carbonyl (C=O) groups excluding carboxylic acids is 1. The molecule has 1 aromatic heterocycles. The number of alkyl halides is 1. The van der Waals surface area contributed by atoms with E-state index in [-0.39, 0.29) is 17.2 Å². The van der Waals surface area contributed by atoms with Gasteiger partial charge < -0.3 is 15.2 Å². The van der Waals surface area contributed by atoms with Crippen LogP contribution in [-0.4, -0.2) is 33.4 Å². The lowest BCUT2D eigenvalue weighted by Gasteiger charge is -2.41. The van der Waals surface area contributed by atoms with Crippen LogP contribution in [0.3, 0.4) is 0 Å². The molecule has 1 saturated heterocycles. The second kappa shape index (κ2) is 7.08. The maximum Gasteiger partial charge on any atom is 0.225 e. The van der Waals surface area contributed by atoms with Crippen LogP contribution in [-0.2, 0) is 4.79 Å². The Labute approximate surface area is 152 Å². The van der Waals surface area contributed by atoms with E-state index in [1.165, 1.54) is 0 Å². The number of benzene rings is 1. The summed E-state index contributed by atoms with van der Waals surface area (Å²) in [5, 5.41) is 6.87. The molecule has 2 aromatic rings. The van der Waals surface area contributed by atoms with E-state index in [9.17, 15) is 4.79 Å². The number of anilines is 1. The lowest BCUT2D eigenvalue weighted by Crippen LogP contribution is -2.53. The third kappa shape index (κ3) is 3.66. The summed E-state index contributed by atoms with van der Waals surface area (Å²) in [5.41, 5.74) is 2.09. The highest BCUT2D eigenvalue weighted by atomic mass is 35.5. The zero-order valence-electron chi connectivity index (χ0n) is 14.1. The normalized spacial score (nSPS) is 28.9. The second-order valence-corrected chi connectivity index (χ2v) is 7.73. The number of halogens is 1. The third-order valence-electron chi connectivity index (χ3n) is 5.43. The van der Waals surface area contributed by atoms with Crippen LogP contribution < -0.4 is 10.6 Å². The fraction of sp³-hybridized carbons (Fsp3) is 0.474. The predicted molar refractivity (Wildman–Crippen MR) is 99.1 cm³/mol. The van der Waals surface area contributed by atoms with Crippen molar-refractivity contribution in [3.63, 3.8) is 0 Å². The van der Waals surface area contributed by atoms with E-state index < -0.39 is 0 Å². The Morgan fingerprint density at radius 2 is 2.08 bits per heavy atom. The first-order valence-electron chi connectivity index (χ1n) is 8.96. The number of imidazole rings is 1. The van der Waals surface area contributed by atoms with Gasteiger partial charge in [0.05, 0.1) is 12.2 Å². The Morgan fingerprint density at radius 3 is 2.84 bits per heavy atom. The number of carbonyl (C=O) groups is 1. The Morgan fingerprint density at radius 1 is 1.24 bits per heavy atom. The minimum Gasteiger partial charge on any atom is -0.384 e. The van der Waals surface area contributed by atoms with Gasteiger partial charge in [0.1, 0.15) is 0 Å². The largest absolute Gasteiger partial charge is 0.384 e. The molecule has 1 aliphatic heterocycles. The van der Waals surface area contributed by atoms with Crippen molar-refractivity contribution in [2.45, 2.75) is 37.1 Å². The van der Waals surface area contributed by atoms with Crippen LogP contribution in [0, 0.1) is 11.8 Å². The van der Waals surface area contributed by atoms with E-state index in [1.54, 1.807) is 12.5 Å². The molecule has 5 nitrogen and oxygen atoms in total. The molecule has 2 fully saturated rings. The van der Waals surface area contributed by atoms with Crippen molar-refractivity contribution in [1.82, 2.24) is 14.9 Å². The summed E-state index contributed by atoms with van der Waals surface area (Å²) in [5.74, 6) is 0.706. The zero-order valence-corrected chi connectivity index (χ0v) is 14.8. The van der Waals surface area contributed by atoms with Gasteiger partial charge in [0.15, 0.2) is 0 Å². The fourth-order valence-corrected chi connectivity index (χ4v) is 4.37. The first-order valence-corrected chi connectivity index (χ1v) is 9.39. The summed E-state index contributed by atoms with van der Waals surface area (Å²) >= 11 is 6.32. The van der Waals surface area contributed by atoms with Gasteiger partial charge in [-0.3, -0.25) is 4.79 Å². The van der Waals surface area contributed by atoms with Crippen LogP contribution in [0.2, 0.25) is 0 Å². The molecule has 0 bridgehead atoms. The van der Waals surface area contributed by atoms with E-state index in [0.29, 0.717) is 18.5 Å². The van der Waals surface area contributed by atoms with Gasteiger partial charge in [-0.1, -0.05) is 0 Å². The molecular weight excluding hydrogens is 336 g/mol. The number of rotatable bonds is 4. The maximum atomic E-state index is 12.4. The zero-order chi connectivity index (χ0) is 17.2. The summed E-state index contributed by atoms with van der Waals surface area (Å²) < 4.78 is 1.96. The van der Waals surface area contributed by atoms with Gasteiger partial charge in [0.2, 0.25) is 5.91 Å². The quantitative estimate of drug-likeness (QED) is 0.825. The molecule has 1 aromatic carbocycles. The van der Waals surface area contributed by atoms with Crippen molar-refractivity contribution in [2.75, 3.05) is 11.9 Å². The van der Waals surface area contributed by atoms with Gasteiger partial charge in [-0.05, 0) is 55.9 Å². The van der Waals surface area contributed by atoms with Gasteiger partial charge in [-0.25, -0.2) is 4.98 Å². The summed E-state index contributed by atoms with van der Waals surface area (Å²) in [6.45, 7) is 0.659. The third-order valence-corrected chi connectivity index (χ3v) is 5.82. The summed E-state index contributed by atoms with van der Waals surface area (Å²) in [6, 6.07) is 8.48. The Bertz CT molecular complexity index is 716. The summed E-state index contributed by atoms with van der Waals surface area (Å²) in [4.78, 5) is 16.4. The monoisotopic (exact) mass is 358 g/mol. The standard InChI is InChI=1S/C19H23ClN4O/c20-15-1-6-18-13(10-15)9-14(19(25)23-18)11-22-16-2-4-17(5-3-16)24-8-7-21-12-24/h2-5,7-8,12-15,18,22H,1,6,9-11H2,(H,23,25). The van der Waals surface area contributed by atoms with Gasteiger partial charge >= 0.3 is 0 Å². The molecule has 0 spiro atoms. The number of amides is 1. The number of nitrogens with zero attached hydrogens (tertiary/aromatic N) is 2. The molecular formula is C19H23ClN4O. The summed E-state index contributed by atoms with van der Waals surface area (Å²) in [6.07, 6.45) is 9.43. The average Bonchev–Trinajstić information content (AvgIpc) is 3.15. The molecule has 1 saturated carbocycles. The molecule has 4 atom stereocenters. The first-order chi connectivity index (χ1) is 12.2. The highest BCUT2D eigenvalue weighted by molar-refractivity contribution is 6.20. The van der Waals surface area contributed by atoms with Crippen molar-refractivity contribution >= 4 is 23.2 Å². The van der Waals surface area contributed by atoms with Gasteiger partial charge in [-0.15, -0.1) is 11.6 Å². The van der Waals surface area contributed by atoms with E-state index in [2.05, 4.69) is 15.6 Å². The first kappa shape index (κ1) is 16.5. The summed E-state index contributed by atoms with van der Waals surface area (Å²) in [7, 11) is 0. The Hall–Kier alpha value is -2.01. The molecule has 2 heterocycles. The maximum absolute atomic E-state index is 12.4. The van der Waals surface area contributed by atoms with E-state index >= 15 is 0 Å². The number of fused-ring (bicyclic) bond motifs is 1. The van der Waals surface area contributed by atoms with Crippen LogP contribution in [0.15, 0.2) is 43.0 Å². The van der Waals surface area contributed by atoms with E-state index in [4.69, 9.17) is 11.6 Å². The van der Waals surface area contributed by atoms with Crippen molar-refractivity contribution < 1.29 is 4.79 Å². The van der Waals surface area contributed by atoms with Gasteiger partial charge in [0.25, 0.3) is 0 Å². The van der Waals surface area contributed by atoms with Crippen molar-refractivity contribution in [3.05, 3.63) is 43.0 Å². The van der Waals surface area contributed by atoms with Crippen LogP contribution in [0.4, 0.5) is 5.69 Å². The highest BCUT2D eigenvalue weighted by Gasteiger charge is 2.38. The van der Waals surface area contributed by atoms with Crippen LogP contribution >= 0.6 is 11.6 Å². The van der Waals surface area contributed by atoms with Crippen molar-refractivity contribution in [3.8, 4) is 5.69 Å². The van der Waals surface area contributed by atoms with Crippen LogP contribution in [0.25, 0.3) is 5.69 Å². The minimum atomic E-state index is 0.0107. The lowest BCUT2D eigenvalue weighted by atomic mass is 9.75. The average molecular weight is 359 g/mol. The number of hydrogen-bond donors (Lipinski definition) is 2. The Kier molecular flexibility index (Phi) is 4.66. The molecule has 4 rings (SSSR count).